The van der Waals surface area contributed by atoms with Crippen LogP contribution in [0.25, 0.3) is 11.4 Å². The molecule has 122 valence electrons. The second kappa shape index (κ2) is 7.55. The molecule has 0 aliphatic rings. The van der Waals surface area contributed by atoms with Crippen LogP contribution in [0, 0.1) is 6.92 Å². The Morgan fingerprint density at radius 1 is 1.04 bits per heavy atom. The molecule has 0 aliphatic heterocycles. The zero-order chi connectivity index (χ0) is 16.8. The van der Waals surface area contributed by atoms with Crippen LogP contribution in [0.3, 0.4) is 0 Å². The Morgan fingerprint density at radius 2 is 1.88 bits per heavy atom. The van der Waals surface area contributed by atoms with Gasteiger partial charge in [0.25, 0.3) is 0 Å². The highest BCUT2D eigenvalue weighted by Crippen LogP contribution is 2.16. The summed E-state index contributed by atoms with van der Waals surface area (Å²) in [5, 5.41) is 6.84. The number of para-hydroxylation sites is 1. The van der Waals surface area contributed by atoms with Crippen LogP contribution < -0.4 is 10.6 Å². The van der Waals surface area contributed by atoms with E-state index in [0.29, 0.717) is 5.82 Å². The van der Waals surface area contributed by atoms with Crippen LogP contribution in [0.4, 0.5) is 11.5 Å². The standard InChI is InChI=1S/C19H21N5/c1-14-11-18(24-19(23-14)16-7-6-10-20-13-16)21-12-15(2)22-17-8-4-3-5-9-17/h3-11,13,15,22H,12H2,1-2H3,(H,21,23,24). The summed E-state index contributed by atoms with van der Waals surface area (Å²) in [6.45, 7) is 4.87. The average Bonchev–Trinajstić information content (AvgIpc) is 2.61. The quantitative estimate of drug-likeness (QED) is 0.724. The SMILES string of the molecule is Cc1cc(NCC(C)Nc2ccccc2)nc(-c2cccnc2)n1. The Morgan fingerprint density at radius 3 is 2.62 bits per heavy atom. The molecule has 3 rings (SSSR count). The zero-order valence-corrected chi connectivity index (χ0v) is 13.9. The maximum atomic E-state index is 4.59. The van der Waals surface area contributed by atoms with E-state index >= 15 is 0 Å². The van der Waals surface area contributed by atoms with Crippen molar-refractivity contribution < 1.29 is 0 Å². The first-order valence-electron chi connectivity index (χ1n) is 8.02. The van der Waals surface area contributed by atoms with Crippen LogP contribution in [0.2, 0.25) is 0 Å². The van der Waals surface area contributed by atoms with Gasteiger partial charge in [-0.1, -0.05) is 18.2 Å². The Balaban J connectivity index is 1.66. The predicted octanol–water partition coefficient (Wildman–Crippen LogP) is 3.76. The summed E-state index contributed by atoms with van der Waals surface area (Å²) >= 11 is 0. The molecule has 0 bridgehead atoms. The summed E-state index contributed by atoms with van der Waals surface area (Å²) < 4.78 is 0. The van der Waals surface area contributed by atoms with Crippen molar-refractivity contribution in [3.05, 3.63) is 66.6 Å². The molecule has 0 fully saturated rings. The van der Waals surface area contributed by atoms with Gasteiger partial charge >= 0.3 is 0 Å². The molecule has 0 spiro atoms. The normalized spacial score (nSPS) is 11.8. The molecular weight excluding hydrogens is 298 g/mol. The summed E-state index contributed by atoms with van der Waals surface area (Å²) in [4.78, 5) is 13.2. The number of pyridine rings is 1. The molecular formula is C19H21N5. The maximum absolute atomic E-state index is 4.59. The van der Waals surface area contributed by atoms with E-state index < -0.39 is 0 Å². The lowest BCUT2D eigenvalue weighted by Gasteiger charge is -2.16. The van der Waals surface area contributed by atoms with E-state index in [1.807, 2.05) is 43.3 Å². The van der Waals surface area contributed by atoms with E-state index in [9.17, 15) is 0 Å². The van der Waals surface area contributed by atoms with Crippen LogP contribution >= 0.6 is 0 Å². The van der Waals surface area contributed by atoms with E-state index in [4.69, 9.17) is 0 Å². The fourth-order valence-electron chi connectivity index (χ4n) is 2.41. The van der Waals surface area contributed by atoms with Crippen molar-refractivity contribution in [3.63, 3.8) is 0 Å². The molecule has 0 amide bonds. The van der Waals surface area contributed by atoms with E-state index in [2.05, 4.69) is 44.6 Å². The molecule has 0 saturated carbocycles. The fraction of sp³-hybridized carbons (Fsp3) is 0.211. The van der Waals surface area contributed by atoms with Crippen LogP contribution in [-0.2, 0) is 0 Å². The van der Waals surface area contributed by atoms with Gasteiger partial charge in [-0.25, -0.2) is 9.97 Å². The highest BCUT2D eigenvalue weighted by molar-refractivity contribution is 5.56. The van der Waals surface area contributed by atoms with Crippen LogP contribution in [-0.4, -0.2) is 27.5 Å². The lowest BCUT2D eigenvalue weighted by atomic mass is 10.2. The van der Waals surface area contributed by atoms with Crippen molar-refractivity contribution in [1.29, 1.82) is 0 Å². The second-order valence-electron chi connectivity index (χ2n) is 5.75. The van der Waals surface area contributed by atoms with Gasteiger partial charge in [-0.3, -0.25) is 4.98 Å². The van der Waals surface area contributed by atoms with Crippen LogP contribution in [0.1, 0.15) is 12.6 Å². The molecule has 1 aromatic carbocycles. The van der Waals surface area contributed by atoms with Gasteiger partial charge in [-0.2, -0.15) is 0 Å². The average molecular weight is 319 g/mol. The third kappa shape index (κ3) is 4.29. The number of hydrogen-bond donors (Lipinski definition) is 2. The monoisotopic (exact) mass is 319 g/mol. The number of hydrogen-bond acceptors (Lipinski definition) is 5. The highest BCUT2D eigenvalue weighted by atomic mass is 15.1. The number of nitrogens with zero attached hydrogens (tertiary/aromatic N) is 3. The lowest BCUT2D eigenvalue weighted by Crippen LogP contribution is -2.25. The van der Waals surface area contributed by atoms with Gasteiger partial charge in [-0.15, -0.1) is 0 Å². The van der Waals surface area contributed by atoms with Gasteiger partial charge in [0.1, 0.15) is 5.82 Å². The van der Waals surface area contributed by atoms with Crippen molar-refractivity contribution in [2.75, 3.05) is 17.2 Å². The second-order valence-corrected chi connectivity index (χ2v) is 5.75. The van der Waals surface area contributed by atoms with Gasteiger partial charge in [0.05, 0.1) is 0 Å². The number of benzene rings is 1. The molecule has 24 heavy (non-hydrogen) atoms. The molecule has 2 heterocycles. The number of nitrogens with one attached hydrogen (secondary N) is 2. The summed E-state index contributed by atoms with van der Waals surface area (Å²) in [5.41, 5.74) is 2.96. The first-order valence-corrected chi connectivity index (χ1v) is 8.02. The minimum atomic E-state index is 0.268. The number of anilines is 2. The first-order chi connectivity index (χ1) is 11.7. The molecule has 5 nitrogen and oxygen atoms in total. The van der Waals surface area contributed by atoms with Crippen molar-refractivity contribution in [3.8, 4) is 11.4 Å². The molecule has 2 aromatic heterocycles. The fourth-order valence-corrected chi connectivity index (χ4v) is 2.41. The molecule has 0 aliphatic carbocycles. The van der Waals surface area contributed by atoms with Crippen molar-refractivity contribution in [2.45, 2.75) is 19.9 Å². The molecule has 3 aromatic rings. The summed E-state index contributed by atoms with van der Waals surface area (Å²) in [6, 6.07) is 16.3. The van der Waals surface area contributed by atoms with E-state index in [-0.39, 0.29) is 6.04 Å². The topological polar surface area (TPSA) is 62.7 Å². The third-order valence-electron chi connectivity index (χ3n) is 3.55. The van der Waals surface area contributed by atoms with Gasteiger partial charge in [0.15, 0.2) is 5.82 Å². The Hall–Kier alpha value is -2.95. The van der Waals surface area contributed by atoms with Crippen LogP contribution in [0.5, 0.6) is 0 Å². The Labute approximate surface area is 142 Å². The minimum absolute atomic E-state index is 0.268. The van der Waals surface area contributed by atoms with Gasteiger partial charge in [-0.05, 0) is 38.1 Å². The molecule has 5 heteroatoms. The largest absolute Gasteiger partial charge is 0.381 e. The van der Waals surface area contributed by atoms with E-state index in [0.717, 1.165) is 29.3 Å². The molecule has 1 unspecified atom stereocenters. The Kier molecular flexibility index (Phi) is 5.01. The third-order valence-corrected chi connectivity index (χ3v) is 3.55. The molecule has 0 radical (unpaired) electrons. The van der Waals surface area contributed by atoms with E-state index in [1.165, 1.54) is 0 Å². The van der Waals surface area contributed by atoms with Crippen molar-refractivity contribution >= 4 is 11.5 Å². The van der Waals surface area contributed by atoms with Gasteiger partial charge in [0, 0.05) is 48.0 Å². The number of aromatic nitrogens is 3. The molecule has 1 atom stereocenters. The zero-order valence-electron chi connectivity index (χ0n) is 13.9. The lowest BCUT2D eigenvalue weighted by molar-refractivity contribution is 0.830. The van der Waals surface area contributed by atoms with Gasteiger partial charge < -0.3 is 10.6 Å². The highest BCUT2D eigenvalue weighted by Gasteiger charge is 2.07. The summed E-state index contributed by atoms with van der Waals surface area (Å²) in [6.07, 6.45) is 3.52. The van der Waals surface area contributed by atoms with Crippen molar-refractivity contribution in [2.24, 2.45) is 0 Å². The number of rotatable bonds is 6. The minimum Gasteiger partial charge on any atom is -0.381 e. The molecule has 2 N–H and O–H groups in total. The van der Waals surface area contributed by atoms with E-state index in [1.54, 1.807) is 12.4 Å². The smallest absolute Gasteiger partial charge is 0.163 e. The van der Waals surface area contributed by atoms with Crippen LogP contribution in [0.15, 0.2) is 60.9 Å². The summed E-state index contributed by atoms with van der Waals surface area (Å²) in [5.74, 6) is 1.51. The molecule has 0 saturated heterocycles. The predicted molar refractivity (Wildman–Crippen MR) is 98.0 cm³/mol. The Bertz CT molecular complexity index is 774. The summed E-state index contributed by atoms with van der Waals surface area (Å²) in [7, 11) is 0. The van der Waals surface area contributed by atoms with Gasteiger partial charge in [0.2, 0.25) is 0 Å². The first kappa shape index (κ1) is 15.9. The van der Waals surface area contributed by atoms with Crippen molar-refractivity contribution in [1.82, 2.24) is 15.0 Å². The number of aryl methyl sites for hydroxylation is 1. The maximum Gasteiger partial charge on any atom is 0.163 e.